The summed E-state index contributed by atoms with van der Waals surface area (Å²) in [7, 11) is -4.22. The van der Waals surface area contributed by atoms with Gasteiger partial charge >= 0.3 is 0 Å². The Balaban J connectivity index is 1.58. The number of aryl methyl sites for hydroxylation is 2. The predicted molar refractivity (Wildman–Crippen MR) is 193 cm³/mol. The summed E-state index contributed by atoms with van der Waals surface area (Å²) in [6, 6.07) is 28.2. The van der Waals surface area contributed by atoms with Crippen molar-refractivity contribution in [2.24, 2.45) is 0 Å². The lowest BCUT2D eigenvalue weighted by molar-refractivity contribution is -0.140. The number of sulfonamides is 1. The predicted octanol–water partition coefficient (Wildman–Crippen LogP) is 7.55. The van der Waals surface area contributed by atoms with E-state index in [1.54, 1.807) is 54.3 Å². The minimum atomic E-state index is -4.22. The summed E-state index contributed by atoms with van der Waals surface area (Å²) in [4.78, 5) is 30.6. The van der Waals surface area contributed by atoms with Gasteiger partial charge in [0.15, 0.2) is 0 Å². The molecule has 1 fully saturated rings. The number of nitrogens with zero attached hydrogens (tertiary/aromatic N) is 2. The molecule has 1 aliphatic rings. The summed E-state index contributed by atoms with van der Waals surface area (Å²) < 4.78 is 29.8. The SMILES string of the molecule is Cc1ccc(CN(C(=O)CN(c2cccc(Cl)c2C)S(=O)(=O)c2ccc(C)cc2)[C@@H](Cc2ccccc2)C(=O)NC2CCCCC2)cc1. The first-order valence-electron chi connectivity index (χ1n) is 16.6. The fourth-order valence-electron chi connectivity index (χ4n) is 6.21. The minimum Gasteiger partial charge on any atom is -0.352 e. The Morgan fingerprint density at radius 2 is 1.42 bits per heavy atom. The molecule has 5 rings (SSSR count). The Kier molecular flexibility index (Phi) is 11.6. The molecule has 1 N–H and O–H groups in total. The second-order valence-electron chi connectivity index (χ2n) is 12.8. The lowest BCUT2D eigenvalue weighted by Gasteiger charge is -2.35. The van der Waals surface area contributed by atoms with Gasteiger partial charge in [0.1, 0.15) is 12.6 Å². The molecule has 0 aliphatic heterocycles. The van der Waals surface area contributed by atoms with Gasteiger partial charge in [-0.3, -0.25) is 13.9 Å². The standard InChI is InChI=1S/C39H44ClN3O4S/c1-28-17-21-32(22-18-28)26-42(37(25-31-11-6-4-7-12-31)39(45)41-33-13-8-5-9-14-33)38(44)27-43(36-16-10-15-35(40)30(36)3)48(46,47)34-23-19-29(2)20-24-34/h4,6-7,10-12,15-24,33,37H,5,8-9,13-14,25-27H2,1-3H3,(H,41,45)/t37-/m0/s1. The molecule has 0 heterocycles. The van der Waals surface area contributed by atoms with Crippen LogP contribution in [0.5, 0.6) is 0 Å². The zero-order valence-corrected chi connectivity index (χ0v) is 29.4. The average molecular weight is 686 g/mol. The molecule has 0 unspecified atom stereocenters. The van der Waals surface area contributed by atoms with Gasteiger partial charge in [-0.2, -0.15) is 0 Å². The molecule has 0 aromatic heterocycles. The summed E-state index contributed by atoms with van der Waals surface area (Å²) in [5.74, 6) is -0.733. The van der Waals surface area contributed by atoms with Crippen molar-refractivity contribution in [3.8, 4) is 0 Å². The Bertz CT molecular complexity index is 1810. The maximum absolute atomic E-state index is 14.8. The van der Waals surface area contributed by atoms with E-state index >= 15 is 0 Å². The molecule has 48 heavy (non-hydrogen) atoms. The Morgan fingerprint density at radius 1 is 0.792 bits per heavy atom. The van der Waals surface area contributed by atoms with Crippen LogP contribution in [0.2, 0.25) is 5.02 Å². The van der Waals surface area contributed by atoms with Gasteiger partial charge in [-0.25, -0.2) is 8.42 Å². The van der Waals surface area contributed by atoms with Crippen LogP contribution in [0.4, 0.5) is 5.69 Å². The van der Waals surface area contributed by atoms with Gasteiger partial charge in [0, 0.05) is 24.0 Å². The van der Waals surface area contributed by atoms with E-state index < -0.39 is 28.5 Å². The molecule has 252 valence electrons. The molecule has 0 spiro atoms. The molecule has 2 amide bonds. The molecule has 4 aromatic carbocycles. The number of carbonyl (C=O) groups excluding carboxylic acids is 2. The summed E-state index contributed by atoms with van der Waals surface area (Å²) in [6.45, 7) is 5.21. The second kappa shape index (κ2) is 15.8. The van der Waals surface area contributed by atoms with E-state index in [-0.39, 0.29) is 29.8 Å². The van der Waals surface area contributed by atoms with Crippen LogP contribution in [0.3, 0.4) is 0 Å². The molecule has 1 atom stereocenters. The van der Waals surface area contributed by atoms with E-state index in [9.17, 15) is 18.0 Å². The molecule has 1 saturated carbocycles. The smallest absolute Gasteiger partial charge is 0.264 e. The number of hydrogen-bond acceptors (Lipinski definition) is 4. The third kappa shape index (κ3) is 8.65. The lowest BCUT2D eigenvalue weighted by Crippen LogP contribution is -2.55. The molecule has 0 bridgehead atoms. The number of anilines is 1. The first kappa shape index (κ1) is 35.2. The van der Waals surface area contributed by atoms with Crippen molar-refractivity contribution in [3.05, 3.63) is 130 Å². The normalized spacial score (nSPS) is 14.2. The Hall–Kier alpha value is -4.14. The second-order valence-corrected chi connectivity index (χ2v) is 15.0. The summed E-state index contributed by atoms with van der Waals surface area (Å²) >= 11 is 6.50. The Labute approximate surface area is 290 Å². The van der Waals surface area contributed by atoms with Gasteiger partial charge in [0.2, 0.25) is 11.8 Å². The third-order valence-corrected chi connectivity index (χ3v) is 11.3. The highest BCUT2D eigenvalue weighted by atomic mass is 35.5. The van der Waals surface area contributed by atoms with Crippen molar-refractivity contribution < 1.29 is 18.0 Å². The van der Waals surface area contributed by atoms with Crippen LogP contribution in [0.15, 0.2) is 102 Å². The van der Waals surface area contributed by atoms with Crippen LogP contribution < -0.4 is 9.62 Å². The number of nitrogens with one attached hydrogen (secondary N) is 1. The molecule has 7 nitrogen and oxygen atoms in total. The van der Waals surface area contributed by atoms with E-state index in [1.807, 2.05) is 68.4 Å². The van der Waals surface area contributed by atoms with Crippen molar-refractivity contribution in [1.29, 1.82) is 0 Å². The zero-order valence-electron chi connectivity index (χ0n) is 27.9. The van der Waals surface area contributed by atoms with E-state index in [0.29, 0.717) is 16.3 Å². The van der Waals surface area contributed by atoms with Gasteiger partial charge in [0.25, 0.3) is 10.0 Å². The molecular weight excluding hydrogens is 642 g/mol. The van der Waals surface area contributed by atoms with Crippen LogP contribution in [-0.2, 0) is 32.6 Å². The van der Waals surface area contributed by atoms with Crippen molar-refractivity contribution in [3.63, 3.8) is 0 Å². The van der Waals surface area contributed by atoms with Crippen LogP contribution in [0.25, 0.3) is 0 Å². The van der Waals surface area contributed by atoms with Gasteiger partial charge in [-0.15, -0.1) is 0 Å². The average Bonchev–Trinajstić information content (AvgIpc) is 3.08. The lowest BCUT2D eigenvalue weighted by atomic mass is 9.94. The molecular formula is C39H44ClN3O4S. The first-order chi connectivity index (χ1) is 23.0. The summed E-state index contributed by atoms with van der Waals surface area (Å²) in [5.41, 5.74) is 4.55. The van der Waals surface area contributed by atoms with Gasteiger partial charge in [0.05, 0.1) is 10.6 Å². The number of benzene rings is 4. The van der Waals surface area contributed by atoms with Crippen LogP contribution in [-0.4, -0.2) is 43.8 Å². The maximum atomic E-state index is 14.8. The van der Waals surface area contributed by atoms with Crippen molar-refractivity contribution in [1.82, 2.24) is 10.2 Å². The molecule has 0 radical (unpaired) electrons. The maximum Gasteiger partial charge on any atom is 0.264 e. The largest absolute Gasteiger partial charge is 0.352 e. The minimum absolute atomic E-state index is 0.0355. The third-order valence-electron chi connectivity index (χ3n) is 9.09. The number of hydrogen-bond donors (Lipinski definition) is 1. The van der Waals surface area contributed by atoms with E-state index in [0.717, 1.165) is 58.7 Å². The van der Waals surface area contributed by atoms with Gasteiger partial charge < -0.3 is 10.2 Å². The van der Waals surface area contributed by atoms with Crippen molar-refractivity contribution >= 4 is 39.1 Å². The highest BCUT2D eigenvalue weighted by Gasteiger charge is 2.36. The van der Waals surface area contributed by atoms with E-state index in [4.69, 9.17) is 11.6 Å². The quantitative estimate of drug-likeness (QED) is 0.167. The summed E-state index contributed by atoms with van der Waals surface area (Å²) in [6.07, 6.45) is 5.30. The van der Waals surface area contributed by atoms with Crippen LogP contribution in [0, 0.1) is 20.8 Å². The molecule has 0 saturated heterocycles. The van der Waals surface area contributed by atoms with E-state index in [2.05, 4.69) is 5.32 Å². The van der Waals surface area contributed by atoms with Gasteiger partial charge in [-0.1, -0.05) is 115 Å². The molecule has 4 aromatic rings. The van der Waals surface area contributed by atoms with Gasteiger partial charge in [-0.05, 0) is 74.6 Å². The number of carbonyl (C=O) groups is 2. The fourth-order valence-corrected chi connectivity index (χ4v) is 7.85. The fraction of sp³-hybridized carbons (Fsp3) is 0.333. The molecule has 9 heteroatoms. The highest BCUT2D eigenvalue weighted by Crippen LogP contribution is 2.31. The van der Waals surface area contributed by atoms with E-state index in [1.165, 1.54) is 0 Å². The topological polar surface area (TPSA) is 86.8 Å². The van der Waals surface area contributed by atoms with Crippen LogP contribution in [0.1, 0.15) is 59.9 Å². The van der Waals surface area contributed by atoms with Crippen molar-refractivity contribution in [2.75, 3.05) is 10.8 Å². The monoisotopic (exact) mass is 685 g/mol. The highest BCUT2D eigenvalue weighted by molar-refractivity contribution is 7.92. The first-order valence-corrected chi connectivity index (χ1v) is 18.4. The number of halogens is 1. The number of rotatable bonds is 12. The Morgan fingerprint density at radius 3 is 2.06 bits per heavy atom. The molecule has 1 aliphatic carbocycles. The summed E-state index contributed by atoms with van der Waals surface area (Å²) in [5, 5.41) is 3.63. The number of amides is 2. The van der Waals surface area contributed by atoms with Crippen molar-refractivity contribution in [2.45, 2.75) is 82.8 Å². The van der Waals surface area contributed by atoms with Crippen LogP contribution >= 0.6 is 11.6 Å². The zero-order chi connectivity index (χ0) is 34.3.